The summed E-state index contributed by atoms with van der Waals surface area (Å²) < 4.78 is 1.98. The molecular weight excluding hydrogens is 316 g/mol. The Hall–Kier alpha value is -2.44. The SMILES string of the molecule is OCC1(CO)CCCN(c2nccn3cnc(-c4ccccc4)c23)C1. The summed E-state index contributed by atoms with van der Waals surface area (Å²) in [5, 5.41) is 19.6. The standard InChI is InChI=1S/C19H22N4O2/c24-12-19(13-25)7-4-9-22(11-19)18-17-16(15-5-2-1-3-6-15)21-14-23(17)10-8-20-18/h1-3,5-6,8,10,14,24-25H,4,7,9,11-13H2. The summed E-state index contributed by atoms with van der Waals surface area (Å²) in [6.07, 6.45) is 7.21. The van der Waals surface area contributed by atoms with Crippen LogP contribution in [-0.2, 0) is 0 Å². The third kappa shape index (κ3) is 2.77. The second-order valence-electron chi connectivity index (χ2n) is 6.81. The van der Waals surface area contributed by atoms with Crippen molar-refractivity contribution in [3.8, 4) is 11.3 Å². The Labute approximate surface area is 146 Å². The Morgan fingerprint density at radius 1 is 1.08 bits per heavy atom. The quantitative estimate of drug-likeness (QED) is 0.761. The van der Waals surface area contributed by atoms with Crippen LogP contribution in [0.1, 0.15) is 12.8 Å². The van der Waals surface area contributed by atoms with Gasteiger partial charge in [-0.1, -0.05) is 30.3 Å². The molecule has 1 aliphatic heterocycles. The molecule has 1 fully saturated rings. The largest absolute Gasteiger partial charge is 0.396 e. The highest BCUT2D eigenvalue weighted by Gasteiger charge is 2.35. The molecule has 0 bridgehead atoms. The van der Waals surface area contributed by atoms with Gasteiger partial charge in [0.15, 0.2) is 5.82 Å². The van der Waals surface area contributed by atoms with E-state index in [0.29, 0.717) is 6.54 Å². The summed E-state index contributed by atoms with van der Waals surface area (Å²) in [5.74, 6) is 0.852. The zero-order chi connectivity index (χ0) is 17.3. The fourth-order valence-corrected chi connectivity index (χ4v) is 3.67. The molecule has 3 heterocycles. The van der Waals surface area contributed by atoms with Gasteiger partial charge in [-0.05, 0) is 12.8 Å². The smallest absolute Gasteiger partial charge is 0.155 e. The fourth-order valence-electron chi connectivity index (χ4n) is 3.67. The van der Waals surface area contributed by atoms with Gasteiger partial charge < -0.3 is 19.5 Å². The molecule has 0 atom stereocenters. The van der Waals surface area contributed by atoms with Gasteiger partial charge in [-0.15, -0.1) is 0 Å². The number of nitrogens with zero attached hydrogens (tertiary/aromatic N) is 4. The topological polar surface area (TPSA) is 73.9 Å². The third-order valence-electron chi connectivity index (χ3n) is 5.11. The molecule has 25 heavy (non-hydrogen) atoms. The minimum absolute atomic E-state index is 0.0199. The zero-order valence-corrected chi connectivity index (χ0v) is 14.0. The van der Waals surface area contributed by atoms with Crippen molar-refractivity contribution >= 4 is 11.3 Å². The van der Waals surface area contributed by atoms with E-state index in [1.165, 1.54) is 0 Å². The van der Waals surface area contributed by atoms with E-state index in [-0.39, 0.29) is 13.2 Å². The van der Waals surface area contributed by atoms with Crippen LogP contribution in [0.4, 0.5) is 5.82 Å². The average Bonchev–Trinajstić information content (AvgIpc) is 3.13. The number of piperidine rings is 1. The normalized spacial score (nSPS) is 17.1. The zero-order valence-electron chi connectivity index (χ0n) is 14.0. The van der Waals surface area contributed by atoms with Gasteiger partial charge >= 0.3 is 0 Å². The molecule has 0 spiro atoms. The number of hydrogen-bond donors (Lipinski definition) is 2. The number of anilines is 1. The molecule has 2 N–H and O–H groups in total. The molecule has 6 heteroatoms. The maximum atomic E-state index is 9.79. The highest BCUT2D eigenvalue weighted by atomic mass is 16.3. The van der Waals surface area contributed by atoms with E-state index in [4.69, 9.17) is 0 Å². The van der Waals surface area contributed by atoms with E-state index < -0.39 is 5.41 Å². The summed E-state index contributed by atoms with van der Waals surface area (Å²) in [7, 11) is 0. The van der Waals surface area contributed by atoms with E-state index in [2.05, 4.69) is 14.9 Å². The van der Waals surface area contributed by atoms with Crippen LogP contribution in [0.3, 0.4) is 0 Å². The van der Waals surface area contributed by atoms with E-state index in [0.717, 1.165) is 42.0 Å². The maximum Gasteiger partial charge on any atom is 0.155 e. The number of aliphatic hydroxyl groups excluding tert-OH is 2. The fraction of sp³-hybridized carbons (Fsp3) is 0.368. The van der Waals surface area contributed by atoms with Gasteiger partial charge in [0.25, 0.3) is 0 Å². The average molecular weight is 338 g/mol. The van der Waals surface area contributed by atoms with Crippen LogP contribution < -0.4 is 4.90 Å². The van der Waals surface area contributed by atoms with Crippen molar-refractivity contribution in [2.75, 3.05) is 31.2 Å². The molecule has 130 valence electrons. The van der Waals surface area contributed by atoms with Gasteiger partial charge in [0.1, 0.15) is 11.8 Å². The van der Waals surface area contributed by atoms with Crippen molar-refractivity contribution in [1.29, 1.82) is 0 Å². The van der Waals surface area contributed by atoms with Crippen LogP contribution in [0.15, 0.2) is 49.1 Å². The number of hydrogen-bond acceptors (Lipinski definition) is 5. The molecule has 1 aromatic carbocycles. The van der Waals surface area contributed by atoms with E-state index in [1.807, 2.05) is 40.9 Å². The number of rotatable bonds is 4. The number of fused-ring (bicyclic) bond motifs is 1. The predicted octanol–water partition coefficient (Wildman–Crippen LogP) is 1.97. The highest BCUT2D eigenvalue weighted by molar-refractivity contribution is 5.86. The van der Waals surface area contributed by atoms with Crippen molar-refractivity contribution in [3.05, 3.63) is 49.1 Å². The van der Waals surface area contributed by atoms with Crippen LogP contribution in [0.5, 0.6) is 0 Å². The summed E-state index contributed by atoms with van der Waals surface area (Å²) in [5.41, 5.74) is 2.43. The van der Waals surface area contributed by atoms with Crippen molar-refractivity contribution < 1.29 is 10.2 Å². The summed E-state index contributed by atoms with van der Waals surface area (Å²) >= 11 is 0. The highest BCUT2D eigenvalue weighted by Crippen LogP contribution is 2.35. The third-order valence-corrected chi connectivity index (χ3v) is 5.11. The molecule has 0 saturated carbocycles. The summed E-state index contributed by atoms with van der Waals surface area (Å²) in [6, 6.07) is 10.1. The Morgan fingerprint density at radius 2 is 1.88 bits per heavy atom. The van der Waals surface area contributed by atoms with E-state index >= 15 is 0 Å². The Morgan fingerprint density at radius 3 is 2.64 bits per heavy atom. The minimum atomic E-state index is -0.473. The molecule has 4 rings (SSSR count). The first-order chi connectivity index (χ1) is 12.3. The molecule has 0 aliphatic carbocycles. The Bertz CT molecular complexity index is 858. The van der Waals surface area contributed by atoms with Crippen molar-refractivity contribution in [1.82, 2.24) is 14.4 Å². The first-order valence-corrected chi connectivity index (χ1v) is 8.60. The maximum absolute atomic E-state index is 9.79. The molecule has 1 aliphatic rings. The van der Waals surface area contributed by atoms with Crippen LogP contribution in [0.2, 0.25) is 0 Å². The predicted molar refractivity (Wildman–Crippen MR) is 96.5 cm³/mol. The summed E-state index contributed by atoms with van der Waals surface area (Å²) in [4.78, 5) is 11.4. The molecule has 6 nitrogen and oxygen atoms in total. The van der Waals surface area contributed by atoms with Crippen molar-refractivity contribution in [2.24, 2.45) is 5.41 Å². The van der Waals surface area contributed by atoms with Crippen LogP contribution in [0.25, 0.3) is 16.8 Å². The Balaban J connectivity index is 1.81. The van der Waals surface area contributed by atoms with Gasteiger partial charge in [-0.3, -0.25) is 0 Å². The number of aromatic nitrogens is 3. The first-order valence-electron chi connectivity index (χ1n) is 8.60. The van der Waals surface area contributed by atoms with Crippen LogP contribution >= 0.6 is 0 Å². The van der Waals surface area contributed by atoms with E-state index in [1.54, 1.807) is 12.5 Å². The van der Waals surface area contributed by atoms with Crippen LogP contribution in [-0.4, -0.2) is 50.9 Å². The molecule has 0 amide bonds. The summed E-state index contributed by atoms with van der Waals surface area (Å²) in [6.45, 7) is 1.40. The monoisotopic (exact) mass is 338 g/mol. The molecule has 0 radical (unpaired) electrons. The lowest BCUT2D eigenvalue weighted by atomic mass is 9.81. The molecule has 2 aromatic heterocycles. The second kappa shape index (κ2) is 6.46. The Kier molecular flexibility index (Phi) is 4.15. The van der Waals surface area contributed by atoms with Gasteiger partial charge in [-0.25, -0.2) is 9.97 Å². The van der Waals surface area contributed by atoms with Gasteiger partial charge in [0.2, 0.25) is 0 Å². The van der Waals surface area contributed by atoms with Crippen molar-refractivity contribution in [2.45, 2.75) is 12.8 Å². The van der Waals surface area contributed by atoms with Crippen molar-refractivity contribution in [3.63, 3.8) is 0 Å². The lowest BCUT2D eigenvalue weighted by Crippen LogP contribution is -2.48. The molecule has 0 unspecified atom stereocenters. The lowest BCUT2D eigenvalue weighted by Gasteiger charge is -2.41. The second-order valence-corrected chi connectivity index (χ2v) is 6.81. The molecular formula is C19H22N4O2. The number of benzene rings is 1. The van der Waals surface area contributed by atoms with Gasteiger partial charge in [0.05, 0.1) is 18.9 Å². The van der Waals surface area contributed by atoms with Gasteiger partial charge in [-0.2, -0.15) is 0 Å². The number of imidazole rings is 1. The van der Waals surface area contributed by atoms with E-state index in [9.17, 15) is 10.2 Å². The molecule has 1 saturated heterocycles. The molecule has 3 aromatic rings. The lowest BCUT2D eigenvalue weighted by molar-refractivity contribution is 0.0420. The van der Waals surface area contributed by atoms with Gasteiger partial charge in [0, 0.05) is 36.5 Å². The minimum Gasteiger partial charge on any atom is -0.396 e. The first kappa shape index (κ1) is 16.1. The number of aliphatic hydroxyl groups is 2. The van der Waals surface area contributed by atoms with Crippen LogP contribution in [0, 0.1) is 5.41 Å².